The van der Waals surface area contributed by atoms with E-state index in [4.69, 9.17) is 19.9 Å². The molecule has 1 saturated heterocycles. The SMILES string of the molecule is CC1CCc2nc(NCCN3CC4CCC3C4)nc(NCCn3cncn3)c2C1.O=C(O)C(F)(F)F. The van der Waals surface area contributed by atoms with E-state index in [1.54, 1.807) is 12.7 Å². The number of piperidine rings is 1. The van der Waals surface area contributed by atoms with Crippen molar-refractivity contribution in [1.82, 2.24) is 29.6 Å². The van der Waals surface area contributed by atoms with Gasteiger partial charge in [0.05, 0.1) is 12.2 Å². The molecule has 2 fully saturated rings. The van der Waals surface area contributed by atoms with Crippen LogP contribution in [0.1, 0.15) is 43.9 Å². The normalized spacial score (nSPS) is 23.1. The highest BCUT2D eigenvalue weighted by Crippen LogP contribution is 2.37. The number of nitrogens with zero attached hydrogens (tertiary/aromatic N) is 6. The van der Waals surface area contributed by atoms with Crippen LogP contribution in [0, 0.1) is 11.8 Å². The van der Waals surface area contributed by atoms with Crippen LogP contribution in [-0.4, -0.2) is 79.1 Å². The molecule has 3 atom stereocenters. The third-order valence-corrected chi connectivity index (χ3v) is 7.07. The molecule has 2 aromatic heterocycles. The molecule has 3 N–H and O–H groups in total. The van der Waals surface area contributed by atoms with Gasteiger partial charge in [-0.15, -0.1) is 0 Å². The van der Waals surface area contributed by atoms with Gasteiger partial charge in [0, 0.05) is 37.8 Å². The number of carboxylic acid groups (broad SMARTS) is 1. The maximum Gasteiger partial charge on any atom is 0.490 e. The van der Waals surface area contributed by atoms with Crippen molar-refractivity contribution in [1.29, 1.82) is 0 Å². The number of anilines is 2. The molecule has 3 unspecified atom stereocenters. The molecule has 0 aromatic carbocycles. The molecule has 198 valence electrons. The van der Waals surface area contributed by atoms with Gasteiger partial charge >= 0.3 is 12.1 Å². The van der Waals surface area contributed by atoms with Gasteiger partial charge in [0.15, 0.2) is 0 Å². The van der Waals surface area contributed by atoms with Crippen LogP contribution < -0.4 is 10.6 Å². The minimum Gasteiger partial charge on any atom is -0.475 e. The van der Waals surface area contributed by atoms with Crippen molar-refractivity contribution in [3.63, 3.8) is 0 Å². The van der Waals surface area contributed by atoms with E-state index in [9.17, 15) is 13.2 Å². The fraction of sp³-hybridized carbons (Fsp3) is 0.696. The van der Waals surface area contributed by atoms with E-state index in [0.29, 0.717) is 5.92 Å². The number of aromatic nitrogens is 5. The van der Waals surface area contributed by atoms with Crippen LogP contribution in [0.15, 0.2) is 12.7 Å². The smallest absolute Gasteiger partial charge is 0.475 e. The summed E-state index contributed by atoms with van der Waals surface area (Å²) in [5, 5.41) is 18.3. The van der Waals surface area contributed by atoms with Gasteiger partial charge in [-0.2, -0.15) is 23.3 Å². The van der Waals surface area contributed by atoms with Gasteiger partial charge in [-0.25, -0.2) is 14.8 Å². The number of halogens is 3. The van der Waals surface area contributed by atoms with Gasteiger partial charge < -0.3 is 15.7 Å². The van der Waals surface area contributed by atoms with Crippen LogP contribution in [0.5, 0.6) is 0 Å². The number of hydrogen-bond donors (Lipinski definition) is 3. The van der Waals surface area contributed by atoms with E-state index < -0.39 is 12.1 Å². The molecule has 36 heavy (non-hydrogen) atoms. The lowest BCUT2D eigenvalue weighted by Crippen LogP contribution is -2.36. The van der Waals surface area contributed by atoms with Crippen molar-refractivity contribution < 1.29 is 23.1 Å². The molecule has 2 bridgehead atoms. The Hall–Kier alpha value is -2.96. The second-order valence-corrected chi connectivity index (χ2v) is 9.81. The van der Waals surface area contributed by atoms with Gasteiger partial charge in [0.25, 0.3) is 0 Å². The van der Waals surface area contributed by atoms with E-state index >= 15 is 0 Å². The molecule has 0 amide bonds. The Morgan fingerprint density at radius 3 is 2.58 bits per heavy atom. The number of carbonyl (C=O) groups is 1. The van der Waals surface area contributed by atoms with Crippen LogP contribution >= 0.6 is 0 Å². The lowest BCUT2D eigenvalue weighted by atomic mass is 9.88. The maximum atomic E-state index is 10.6. The first kappa shape index (κ1) is 26.1. The molecule has 13 heteroatoms. The van der Waals surface area contributed by atoms with Gasteiger partial charge in [-0.1, -0.05) is 6.92 Å². The Bertz CT molecular complexity index is 1020. The molecule has 1 saturated carbocycles. The Morgan fingerprint density at radius 1 is 1.17 bits per heavy atom. The molecule has 3 aliphatic rings. The Kier molecular flexibility index (Phi) is 8.27. The molecule has 3 heterocycles. The van der Waals surface area contributed by atoms with E-state index in [1.165, 1.54) is 43.5 Å². The van der Waals surface area contributed by atoms with E-state index in [1.807, 2.05) is 4.68 Å². The van der Waals surface area contributed by atoms with Gasteiger partial charge in [-0.05, 0) is 50.4 Å². The summed E-state index contributed by atoms with van der Waals surface area (Å²) in [5.74, 6) is 0.636. The maximum absolute atomic E-state index is 10.6. The number of hydrogen-bond acceptors (Lipinski definition) is 8. The van der Waals surface area contributed by atoms with Gasteiger partial charge in [0.2, 0.25) is 5.95 Å². The highest BCUT2D eigenvalue weighted by Gasteiger charge is 2.38. The van der Waals surface area contributed by atoms with E-state index in [-0.39, 0.29) is 0 Å². The third kappa shape index (κ3) is 6.83. The first-order chi connectivity index (χ1) is 17.2. The zero-order valence-corrected chi connectivity index (χ0v) is 20.3. The van der Waals surface area contributed by atoms with Crippen molar-refractivity contribution in [3.05, 3.63) is 23.9 Å². The predicted molar refractivity (Wildman–Crippen MR) is 127 cm³/mol. The van der Waals surface area contributed by atoms with Crippen molar-refractivity contribution in [3.8, 4) is 0 Å². The summed E-state index contributed by atoms with van der Waals surface area (Å²) in [5.41, 5.74) is 2.51. The second-order valence-electron chi connectivity index (χ2n) is 9.81. The monoisotopic (exact) mass is 510 g/mol. The lowest BCUT2D eigenvalue weighted by molar-refractivity contribution is -0.192. The molecular weight excluding hydrogens is 477 g/mol. The topological polar surface area (TPSA) is 121 Å². The quantitative estimate of drug-likeness (QED) is 0.492. The number of fused-ring (bicyclic) bond motifs is 3. The molecule has 1 aliphatic heterocycles. The number of nitrogens with one attached hydrogen (secondary N) is 2. The first-order valence-electron chi connectivity index (χ1n) is 12.4. The summed E-state index contributed by atoms with van der Waals surface area (Å²) in [6.45, 7) is 7.15. The van der Waals surface area contributed by atoms with Crippen molar-refractivity contribution >= 4 is 17.7 Å². The Morgan fingerprint density at radius 2 is 1.94 bits per heavy atom. The molecule has 10 nitrogen and oxygen atoms in total. The Labute approximate surface area is 207 Å². The molecular formula is C23H33F3N8O2. The second kappa shape index (κ2) is 11.4. The minimum absolute atomic E-state index is 0.686. The number of likely N-dealkylation sites (tertiary alicyclic amines) is 1. The summed E-state index contributed by atoms with van der Waals surface area (Å²) in [7, 11) is 0. The minimum atomic E-state index is -5.08. The van der Waals surface area contributed by atoms with Crippen LogP contribution in [0.25, 0.3) is 0 Å². The summed E-state index contributed by atoms with van der Waals surface area (Å²) in [4.78, 5) is 25.3. The van der Waals surface area contributed by atoms with Crippen molar-refractivity contribution in [2.45, 2.75) is 64.2 Å². The lowest BCUT2D eigenvalue weighted by Gasteiger charge is -2.27. The fourth-order valence-corrected chi connectivity index (χ4v) is 5.26. The van der Waals surface area contributed by atoms with Crippen LogP contribution in [-0.2, 0) is 24.2 Å². The third-order valence-electron chi connectivity index (χ3n) is 7.07. The van der Waals surface area contributed by atoms with Gasteiger partial charge in [0.1, 0.15) is 18.5 Å². The van der Waals surface area contributed by atoms with Gasteiger partial charge in [-0.3, -0.25) is 9.58 Å². The van der Waals surface area contributed by atoms with Crippen molar-refractivity contribution in [2.24, 2.45) is 11.8 Å². The van der Waals surface area contributed by atoms with Crippen LogP contribution in [0.4, 0.5) is 24.9 Å². The van der Waals surface area contributed by atoms with E-state index in [0.717, 1.165) is 62.7 Å². The summed E-state index contributed by atoms with van der Waals surface area (Å²) in [6.07, 6.45) is 5.77. The summed E-state index contributed by atoms with van der Waals surface area (Å²) >= 11 is 0. The average Bonchev–Trinajstić information content (AvgIpc) is 3.58. The van der Waals surface area contributed by atoms with E-state index in [2.05, 4.69) is 32.5 Å². The fourth-order valence-electron chi connectivity index (χ4n) is 5.26. The Balaban J connectivity index is 0.000000384. The largest absolute Gasteiger partial charge is 0.490 e. The number of aliphatic carboxylic acids is 1. The molecule has 5 rings (SSSR count). The summed E-state index contributed by atoms with van der Waals surface area (Å²) in [6, 6.07) is 0.821. The standard InChI is InChI=1S/C21H32N8.C2HF3O2/c1-15-2-5-19-18(10-15)20(23-7-9-29-14-22-13-25-29)27-21(26-19)24-6-8-28-12-16-3-4-17(28)11-16;3-2(4,5)1(6)7/h13-17H,2-12H2,1H3,(H2,23,24,26,27);(H,6,7). The number of alkyl halides is 3. The zero-order valence-electron chi connectivity index (χ0n) is 20.3. The highest BCUT2D eigenvalue weighted by atomic mass is 19.4. The van der Waals surface area contributed by atoms with Crippen LogP contribution in [0.2, 0.25) is 0 Å². The highest BCUT2D eigenvalue weighted by molar-refractivity contribution is 5.73. The number of rotatable bonds is 8. The molecule has 0 spiro atoms. The number of carboxylic acids is 1. The first-order valence-corrected chi connectivity index (χ1v) is 12.4. The number of aryl methyl sites for hydroxylation is 1. The predicted octanol–water partition coefficient (Wildman–Crippen LogP) is 2.83. The zero-order chi connectivity index (χ0) is 25.7. The van der Waals surface area contributed by atoms with Crippen LogP contribution in [0.3, 0.4) is 0 Å². The molecule has 2 aliphatic carbocycles. The molecule has 0 radical (unpaired) electrons. The molecule has 2 aromatic rings. The summed E-state index contributed by atoms with van der Waals surface area (Å²) < 4.78 is 33.6. The average molecular weight is 511 g/mol. The van der Waals surface area contributed by atoms with Crippen molar-refractivity contribution in [2.75, 3.05) is 36.8 Å².